The van der Waals surface area contributed by atoms with Gasteiger partial charge < -0.3 is 0 Å². The first-order chi connectivity index (χ1) is 7.09. The summed E-state index contributed by atoms with van der Waals surface area (Å²) in [6.07, 6.45) is 0. The van der Waals surface area contributed by atoms with Crippen LogP contribution in [0.4, 0.5) is 0 Å². The van der Waals surface area contributed by atoms with Gasteiger partial charge in [-0.3, -0.25) is 0 Å². The molecule has 2 rings (SSSR count). The summed E-state index contributed by atoms with van der Waals surface area (Å²) in [5.41, 5.74) is 5.04. The number of hydrogen-bond donors (Lipinski definition) is 0. The molecule has 15 heavy (non-hydrogen) atoms. The number of aryl methyl sites for hydroxylation is 1. The quantitative estimate of drug-likeness (QED) is 0.640. The number of fused-ring (bicyclic) bond motifs is 1. The van der Waals surface area contributed by atoms with Gasteiger partial charge in [0, 0.05) is 10.6 Å². The van der Waals surface area contributed by atoms with E-state index >= 15 is 0 Å². The van der Waals surface area contributed by atoms with Crippen molar-refractivity contribution in [3.63, 3.8) is 0 Å². The maximum Gasteiger partial charge on any atom is 0.0484 e. The zero-order chi connectivity index (χ0) is 11.0. The number of hydrogen-bond acceptors (Lipinski definition) is 0. The van der Waals surface area contributed by atoms with E-state index in [4.69, 9.17) is 11.6 Å². The molecule has 78 valence electrons. The van der Waals surface area contributed by atoms with E-state index in [0.29, 0.717) is 5.92 Å². The average molecular weight is 219 g/mol. The van der Waals surface area contributed by atoms with Crippen LogP contribution >= 0.6 is 11.6 Å². The highest BCUT2D eigenvalue weighted by molar-refractivity contribution is 6.33. The normalized spacial score (nSPS) is 11.3. The fourth-order valence-electron chi connectivity index (χ4n) is 1.84. The Bertz CT molecular complexity index is 457. The highest BCUT2D eigenvalue weighted by atomic mass is 35.5. The molecule has 0 N–H and O–H groups in total. The SMILES string of the molecule is Cc1ccc(C(C)C)cc2c(Cl)ccc1-2. The second-order valence-electron chi connectivity index (χ2n) is 4.32. The molecule has 0 fully saturated rings. The van der Waals surface area contributed by atoms with Gasteiger partial charge in [0.2, 0.25) is 0 Å². The Labute approximate surface area is 96.2 Å². The van der Waals surface area contributed by atoms with Gasteiger partial charge in [0.05, 0.1) is 0 Å². The molecule has 2 aliphatic rings. The monoisotopic (exact) mass is 218 g/mol. The summed E-state index contributed by atoms with van der Waals surface area (Å²) in [5.74, 6) is 0.533. The first-order valence-corrected chi connectivity index (χ1v) is 5.66. The van der Waals surface area contributed by atoms with Gasteiger partial charge in [-0.2, -0.15) is 0 Å². The molecule has 0 saturated heterocycles. The lowest BCUT2D eigenvalue weighted by molar-refractivity contribution is 0.869. The number of rotatable bonds is 1. The Hall–Kier alpha value is -1.01. The van der Waals surface area contributed by atoms with Crippen molar-refractivity contribution in [2.24, 2.45) is 0 Å². The Kier molecular flexibility index (Phi) is 2.70. The zero-order valence-corrected chi connectivity index (χ0v) is 10.1. The van der Waals surface area contributed by atoms with E-state index in [1.807, 2.05) is 6.07 Å². The zero-order valence-electron chi connectivity index (χ0n) is 9.34. The molecular formula is C14H15Cl. The summed E-state index contributed by atoms with van der Waals surface area (Å²) in [4.78, 5) is 0. The smallest absolute Gasteiger partial charge is 0.0484 e. The minimum Gasteiger partial charge on any atom is -0.0837 e. The van der Waals surface area contributed by atoms with Crippen molar-refractivity contribution in [3.05, 3.63) is 46.5 Å². The van der Waals surface area contributed by atoms with E-state index in [0.717, 1.165) is 5.02 Å². The fourth-order valence-corrected chi connectivity index (χ4v) is 2.06. The Balaban J connectivity index is 2.71. The molecule has 0 heterocycles. The molecule has 0 saturated carbocycles. The van der Waals surface area contributed by atoms with E-state index < -0.39 is 0 Å². The van der Waals surface area contributed by atoms with Crippen molar-refractivity contribution in [2.75, 3.05) is 0 Å². The standard InChI is InChI=1S/C14H15Cl/c1-9(2)11-5-4-10(3)12-6-7-14(15)13(12)8-11/h4-9H,1-3H3. The van der Waals surface area contributed by atoms with Gasteiger partial charge in [-0.25, -0.2) is 0 Å². The van der Waals surface area contributed by atoms with E-state index in [1.54, 1.807) is 0 Å². The van der Waals surface area contributed by atoms with E-state index in [2.05, 4.69) is 45.0 Å². The molecule has 2 aliphatic carbocycles. The second-order valence-corrected chi connectivity index (χ2v) is 4.73. The van der Waals surface area contributed by atoms with Crippen LogP contribution in [0.25, 0.3) is 11.1 Å². The van der Waals surface area contributed by atoms with Crippen molar-refractivity contribution >= 4 is 11.6 Å². The van der Waals surface area contributed by atoms with Gasteiger partial charge in [0.15, 0.2) is 0 Å². The maximum absolute atomic E-state index is 6.18. The molecule has 0 bridgehead atoms. The Morgan fingerprint density at radius 3 is 2.40 bits per heavy atom. The second kappa shape index (κ2) is 3.86. The van der Waals surface area contributed by atoms with Crippen LogP contribution in [0, 0.1) is 6.92 Å². The van der Waals surface area contributed by atoms with Gasteiger partial charge in [0.1, 0.15) is 0 Å². The topological polar surface area (TPSA) is 0 Å². The summed E-state index contributed by atoms with van der Waals surface area (Å²) < 4.78 is 0. The van der Waals surface area contributed by atoms with E-state index in [1.165, 1.54) is 22.3 Å². The van der Waals surface area contributed by atoms with E-state index in [9.17, 15) is 0 Å². The van der Waals surface area contributed by atoms with Crippen LogP contribution in [-0.2, 0) is 0 Å². The van der Waals surface area contributed by atoms with Crippen LogP contribution in [0.1, 0.15) is 30.9 Å². The van der Waals surface area contributed by atoms with Crippen molar-refractivity contribution in [1.29, 1.82) is 0 Å². The Morgan fingerprint density at radius 1 is 1.00 bits per heavy atom. The minimum atomic E-state index is 0.533. The summed E-state index contributed by atoms with van der Waals surface area (Å²) in [6, 6.07) is 10.6. The molecule has 0 amide bonds. The van der Waals surface area contributed by atoms with E-state index in [-0.39, 0.29) is 0 Å². The van der Waals surface area contributed by atoms with Gasteiger partial charge in [-0.1, -0.05) is 43.6 Å². The van der Waals surface area contributed by atoms with Crippen LogP contribution < -0.4 is 0 Å². The highest BCUT2D eigenvalue weighted by Crippen LogP contribution is 2.35. The maximum atomic E-state index is 6.18. The molecule has 0 unspecified atom stereocenters. The van der Waals surface area contributed by atoms with Crippen LogP contribution in [0.5, 0.6) is 0 Å². The third-order valence-corrected chi connectivity index (χ3v) is 3.20. The molecule has 0 aliphatic heterocycles. The summed E-state index contributed by atoms with van der Waals surface area (Å²) in [6.45, 7) is 6.53. The molecule has 0 radical (unpaired) electrons. The number of halogens is 1. The van der Waals surface area contributed by atoms with Gasteiger partial charge in [-0.15, -0.1) is 0 Å². The van der Waals surface area contributed by atoms with Gasteiger partial charge in [-0.05, 0) is 41.7 Å². The lowest BCUT2D eigenvalue weighted by atomic mass is 10.0. The molecule has 0 nitrogen and oxygen atoms in total. The first kappa shape index (κ1) is 10.5. The fraction of sp³-hybridized carbons (Fsp3) is 0.286. The van der Waals surface area contributed by atoms with Gasteiger partial charge in [0.25, 0.3) is 0 Å². The van der Waals surface area contributed by atoms with Crippen molar-refractivity contribution in [3.8, 4) is 11.1 Å². The largest absolute Gasteiger partial charge is 0.0837 e. The average Bonchev–Trinajstić information content (AvgIpc) is 2.43. The van der Waals surface area contributed by atoms with Crippen LogP contribution in [0.3, 0.4) is 0 Å². The molecule has 0 aromatic heterocycles. The van der Waals surface area contributed by atoms with Crippen molar-refractivity contribution in [2.45, 2.75) is 26.7 Å². The molecule has 0 aromatic rings. The van der Waals surface area contributed by atoms with Crippen LogP contribution in [0.2, 0.25) is 5.02 Å². The summed E-state index contributed by atoms with van der Waals surface area (Å²) in [5, 5.41) is 0.853. The third-order valence-electron chi connectivity index (χ3n) is 2.87. The molecule has 0 aromatic carbocycles. The third kappa shape index (κ3) is 1.87. The van der Waals surface area contributed by atoms with Crippen LogP contribution in [0.15, 0.2) is 30.3 Å². The van der Waals surface area contributed by atoms with Crippen molar-refractivity contribution in [1.82, 2.24) is 0 Å². The predicted octanol–water partition coefficient (Wildman–Crippen LogP) is 4.88. The minimum absolute atomic E-state index is 0.533. The predicted molar refractivity (Wildman–Crippen MR) is 66.9 cm³/mol. The first-order valence-electron chi connectivity index (χ1n) is 5.28. The molecule has 0 spiro atoms. The highest BCUT2D eigenvalue weighted by Gasteiger charge is 2.10. The molecule has 1 heteroatoms. The lowest BCUT2D eigenvalue weighted by Crippen LogP contribution is -1.83. The molecular weight excluding hydrogens is 204 g/mol. The summed E-state index contributed by atoms with van der Waals surface area (Å²) >= 11 is 6.18. The van der Waals surface area contributed by atoms with Crippen LogP contribution in [-0.4, -0.2) is 0 Å². The Morgan fingerprint density at radius 2 is 1.73 bits per heavy atom. The molecule has 0 atom stereocenters. The van der Waals surface area contributed by atoms with Crippen molar-refractivity contribution < 1.29 is 0 Å². The van der Waals surface area contributed by atoms with Gasteiger partial charge >= 0.3 is 0 Å². The lowest BCUT2D eigenvalue weighted by Gasteiger charge is -2.02. The summed E-state index contributed by atoms with van der Waals surface area (Å²) in [7, 11) is 0.